The average molecular weight is 368 g/mol. The SMILES string of the molecule is CCOc1ccc(NC(=O)C(C)C)cc1C(=O)NC(C)Cc1ccccc1. The first-order valence-electron chi connectivity index (χ1n) is 9.33. The highest BCUT2D eigenvalue weighted by atomic mass is 16.5. The Morgan fingerprint density at radius 2 is 1.74 bits per heavy atom. The van der Waals surface area contributed by atoms with Crippen LogP contribution < -0.4 is 15.4 Å². The van der Waals surface area contributed by atoms with Crippen LogP contribution in [0, 0.1) is 5.92 Å². The summed E-state index contributed by atoms with van der Waals surface area (Å²) in [7, 11) is 0. The number of hydrogen-bond acceptors (Lipinski definition) is 3. The fourth-order valence-corrected chi connectivity index (χ4v) is 2.67. The summed E-state index contributed by atoms with van der Waals surface area (Å²) < 4.78 is 5.59. The molecule has 0 aliphatic carbocycles. The lowest BCUT2D eigenvalue weighted by atomic mass is 10.1. The summed E-state index contributed by atoms with van der Waals surface area (Å²) in [5, 5.41) is 5.84. The first-order valence-corrected chi connectivity index (χ1v) is 9.33. The summed E-state index contributed by atoms with van der Waals surface area (Å²) in [4.78, 5) is 24.8. The highest BCUT2D eigenvalue weighted by Crippen LogP contribution is 2.24. The summed E-state index contributed by atoms with van der Waals surface area (Å²) in [6, 6.07) is 15.1. The van der Waals surface area contributed by atoms with Crippen molar-refractivity contribution in [3.8, 4) is 5.75 Å². The van der Waals surface area contributed by atoms with E-state index in [1.807, 2.05) is 58.0 Å². The van der Waals surface area contributed by atoms with Crippen LogP contribution in [0.1, 0.15) is 43.6 Å². The molecule has 5 heteroatoms. The van der Waals surface area contributed by atoms with E-state index >= 15 is 0 Å². The van der Waals surface area contributed by atoms with Gasteiger partial charge in [0, 0.05) is 17.6 Å². The maximum absolute atomic E-state index is 12.8. The molecule has 2 N–H and O–H groups in total. The highest BCUT2D eigenvalue weighted by Gasteiger charge is 2.17. The Morgan fingerprint density at radius 3 is 2.37 bits per heavy atom. The minimum Gasteiger partial charge on any atom is -0.493 e. The van der Waals surface area contributed by atoms with Gasteiger partial charge in [0.2, 0.25) is 5.91 Å². The predicted molar refractivity (Wildman–Crippen MR) is 108 cm³/mol. The molecule has 27 heavy (non-hydrogen) atoms. The van der Waals surface area contributed by atoms with Gasteiger partial charge in [0.25, 0.3) is 5.91 Å². The Balaban J connectivity index is 2.14. The summed E-state index contributed by atoms with van der Waals surface area (Å²) >= 11 is 0. The molecule has 2 aromatic carbocycles. The van der Waals surface area contributed by atoms with Gasteiger partial charge in [-0.3, -0.25) is 9.59 Å². The number of amides is 2. The highest BCUT2D eigenvalue weighted by molar-refractivity contribution is 5.99. The van der Waals surface area contributed by atoms with E-state index in [4.69, 9.17) is 4.74 Å². The van der Waals surface area contributed by atoms with E-state index in [9.17, 15) is 9.59 Å². The average Bonchev–Trinajstić information content (AvgIpc) is 2.63. The van der Waals surface area contributed by atoms with Gasteiger partial charge in [-0.15, -0.1) is 0 Å². The fourth-order valence-electron chi connectivity index (χ4n) is 2.67. The number of nitrogens with one attached hydrogen (secondary N) is 2. The van der Waals surface area contributed by atoms with Gasteiger partial charge in [-0.2, -0.15) is 0 Å². The van der Waals surface area contributed by atoms with Gasteiger partial charge in [-0.25, -0.2) is 0 Å². The molecule has 0 aliphatic heterocycles. The molecule has 5 nitrogen and oxygen atoms in total. The second-order valence-corrected chi connectivity index (χ2v) is 6.85. The largest absolute Gasteiger partial charge is 0.493 e. The first kappa shape index (κ1) is 20.5. The number of carbonyl (C=O) groups excluding carboxylic acids is 2. The lowest BCUT2D eigenvalue weighted by Crippen LogP contribution is -2.34. The van der Waals surface area contributed by atoms with Crippen LogP contribution in [0.25, 0.3) is 0 Å². The number of ether oxygens (including phenoxy) is 1. The molecule has 0 fully saturated rings. The monoisotopic (exact) mass is 368 g/mol. The van der Waals surface area contributed by atoms with E-state index in [2.05, 4.69) is 10.6 Å². The maximum atomic E-state index is 12.8. The molecular formula is C22H28N2O3. The quantitative estimate of drug-likeness (QED) is 0.739. The van der Waals surface area contributed by atoms with E-state index in [0.29, 0.717) is 23.6 Å². The van der Waals surface area contributed by atoms with Crippen LogP contribution in [-0.2, 0) is 11.2 Å². The molecule has 0 spiro atoms. The molecule has 0 aromatic heterocycles. The van der Waals surface area contributed by atoms with E-state index in [0.717, 1.165) is 12.0 Å². The van der Waals surface area contributed by atoms with Crippen molar-refractivity contribution in [1.82, 2.24) is 5.32 Å². The molecule has 0 saturated carbocycles. The van der Waals surface area contributed by atoms with Crippen molar-refractivity contribution in [1.29, 1.82) is 0 Å². The number of benzene rings is 2. The normalized spacial score (nSPS) is 11.7. The van der Waals surface area contributed by atoms with Crippen molar-refractivity contribution in [2.24, 2.45) is 5.92 Å². The van der Waals surface area contributed by atoms with Crippen molar-refractivity contribution in [3.63, 3.8) is 0 Å². The molecule has 2 aromatic rings. The van der Waals surface area contributed by atoms with Crippen LogP contribution in [0.15, 0.2) is 48.5 Å². The van der Waals surface area contributed by atoms with Crippen LogP contribution in [0.2, 0.25) is 0 Å². The maximum Gasteiger partial charge on any atom is 0.255 e. The molecule has 2 rings (SSSR count). The number of rotatable bonds is 8. The van der Waals surface area contributed by atoms with Crippen LogP contribution in [-0.4, -0.2) is 24.5 Å². The van der Waals surface area contributed by atoms with E-state index in [-0.39, 0.29) is 23.8 Å². The number of carbonyl (C=O) groups is 2. The van der Waals surface area contributed by atoms with Crippen molar-refractivity contribution in [3.05, 3.63) is 59.7 Å². The van der Waals surface area contributed by atoms with E-state index in [1.54, 1.807) is 18.2 Å². The lowest BCUT2D eigenvalue weighted by molar-refractivity contribution is -0.118. The molecule has 2 amide bonds. The molecular weight excluding hydrogens is 340 g/mol. The summed E-state index contributed by atoms with van der Waals surface area (Å²) in [6.45, 7) is 7.94. The lowest BCUT2D eigenvalue weighted by Gasteiger charge is -2.17. The Kier molecular flexibility index (Phi) is 7.41. The third-order valence-corrected chi connectivity index (χ3v) is 4.08. The van der Waals surface area contributed by atoms with Gasteiger partial charge in [-0.05, 0) is 44.0 Å². The van der Waals surface area contributed by atoms with Crippen molar-refractivity contribution >= 4 is 17.5 Å². The van der Waals surface area contributed by atoms with Crippen molar-refractivity contribution in [2.75, 3.05) is 11.9 Å². The van der Waals surface area contributed by atoms with Gasteiger partial charge < -0.3 is 15.4 Å². The third-order valence-electron chi connectivity index (χ3n) is 4.08. The van der Waals surface area contributed by atoms with Gasteiger partial charge in [0.05, 0.1) is 12.2 Å². The Hall–Kier alpha value is -2.82. The number of anilines is 1. The smallest absolute Gasteiger partial charge is 0.255 e. The first-order chi connectivity index (χ1) is 12.9. The summed E-state index contributed by atoms with van der Waals surface area (Å²) in [5.74, 6) is 0.0506. The van der Waals surface area contributed by atoms with E-state index in [1.165, 1.54) is 0 Å². The Morgan fingerprint density at radius 1 is 1.04 bits per heavy atom. The molecule has 0 aliphatic rings. The molecule has 0 heterocycles. The van der Waals surface area contributed by atoms with Gasteiger partial charge in [0.15, 0.2) is 0 Å². The molecule has 0 bridgehead atoms. The predicted octanol–water partition coefficient (Wildman–Crippen LogP) is 4.04. The molecule has 1 unspecified atom stereocenters. The van der Waals surface area contributed by atoms with Crippen LogP contribution in [0.5, 0.6) is 5.75 Å². The van der Waals surface area contributed by atoms with E-state index < -0.39 is 0 Å². The molecule has 0 radical (unpaired) electrons. The van der Waals surface area contributed by atoms with Gasteiger partial charge in [-0.1, -0.05) is 44.2 Å². The second-order valence-electron chi connectivity index (χ2n) is 6.85. The molecule has 0 saturated heterocycles. The molecule has 144 valence electrons. The van der Waals surface area contributed by atoms with Gasteiger partial charge in [0.1, 0.15) is 5.75 Å². The van der Waals surface area contributed by atoms with Crippen LogP contribution in [0.3, 0.4) is 0 Å². The summed E-state index contributed by atoms with van der Waals surface area (Å²) in [6.07, 6.45) is 0.736. The van der Waals surface area contributed by atoms with Gasteiger partial charge >= 0.3 is 0 Å². The zero-order valence-electron chi connectivity index (χ0n) is 16.4. The second kappa shape index (κ2) is 9.76. The Labute approximate surface area is 161 Å². The Bertz CT molecular complexity index is 772. The topological polar surface area (TPSA) is 67.4 Å². The van der Waals surface area contributed by atoms with Crippen LogP contribution >= 0.6 is 0 Å². The van der Waals surface area contributed by atoms with Crippen molar-refractivity contribution in [2.45, 2.75) is 40.2 Å². The van der Waals surface area contributed by atoms with Crippen molar-refractivity contribution < 1.29 is 14.3 Å². The zero-order chi connectivity index (χ0) is 19.8. The fraction of sp³-hybridized carbons (Fsp3) is 0.364. The minimum atomic E-state index is -0.220. The molecule has 1 atom stereocenters. The number of hydrogen-bond donors (Lipinski definition) is 2. The summed E-state index contributed by atoms with van der Waals surface area (Å²) in [5.41, 5.74) is 2.16. The van der Waals surface area contributed by atoms with Crippen LogP contribution in [0.4, 0.5) is 5.69 Å². The zero-order valence-corrected chi connectivity index (χ0v) is 16.4. The minimum absolute atomic E-state index is 0.0386. The standard InChI is InChI=1S/C22H28N2O3/c1-5-27-20-12-11-18(24-21(25)15(2)3)14-19(20)22(26)23-16(4)13-17-9-7-6-8-10-17/h6-12,14-16H,5,13H2,1-4H3,(H,23,26)(H,24,25). The third kappa shape index (κ3) is 6.13.